The molecule has 0 spiro atoms. The van der Waals surface area contributed by atoms with E-state index in [-0.39, 0.29) is 12.5 Å². The van der Waals surface area contributed by atoms with Crippen molar-refractivity contribution < 1.29 is 34.4 Å². The number of rotatable bonds is 9. The fraction of sp³-hybridized carbons (Fsp3) is 0.348. The average molecular weight is 442 g/mol. The third-order valence-corrected chi connectivity index (χ3v) is 5.44. The van der Waals surface area contributed by atoms with Gasteiger partial charge in [-0.25, -0.2) is 4.79 Å². The van der Waals surface area contributed by atoms with E-state index in [9.17, 15) is 24.6 Å². The maximum Gasteiger partial charge on any atom is 0.407 e. The predicted octanol–water partition coefficient (Wildman–Crippen LogP) is 1.23. The Bertz CT molecular complexity index is 946. The Kier molecular flexibility index (Phi) is 7.45. The van der Waals surface area contributed by atoms with Gasteiger partial charge in [0.25, 0.3) is 0 Å². The van der Waals surface area contributed by atoms with Crippen LogP contribution in [0.2, 0.25) is 0 Å². The molecule has 1 unspecified atom stereocenters. The summed E-state index contributed by atoms with van der Waals surface area (Å²) in [5, 5.41) is 32.5. The molecule has 3 atom stereocenters. The summed E-state index contributed by atoms with van der Waals surface area (Å²) in [6, 6.07) is 13.2. The zero-order valence-corrected chi connectivity index (χ0v) is 17.5. The number of aliphatic hydroxyl groups excluding tert-OH is 2. The fourth-order valence-electron chi connectivity index (χ4n) is 3.77. The normalized spacial score (nSPS) is 15.1. The number of alkyl carbamates (subject to hydrolysis) is 1. The number of amides is 2. The van der Waals surface area contributed by atoms with Crippen LogP contribution in [0.1, 0.15) is 30.4 Å². The van der Waals surface area contributed by atoms with E-state index in [1.807, 2.05) is 48.5 Å². The van der Waals surface area contributed by atoms with E-state index in [1.165, 1.54) is 6.92 Å². The molecule has 32 heavy (non-hydrogen) atoms. The highest BCUT2D eigenvalue weighted by molar-refractivity contribution is 5.89. The minimum atomic E-state index is -1.43. The molecule has 1 aliphatic carbocycles. The highest BCUT2D eigenvalue weighted by Crippen LogP contribution is 2.44. The van der Waals surface area contributed by atoms with E-state index in [0.29, 0.717) is 0 Å². The summed E-state index contributed by atoms with van der Waals surface area (Å²) in [4.78, 5) is 36.0. The van der Waals surface area contributed by atoms with E-state index in [0.717, 1.165) is 22.3 Å². The molecule has 0 heterocycles. The first-order valence-electron chi connectivity index (χ1n) is 10.2. The van der Waals surface area contributed by atoms with Gasteiger partial charge >= 0.3 is 12.1 Å². The van der Waals surface area contributed by atoms with E-state index in [4.69, 9.17) is 9.84 Å². The zero-order valence-electron chi connectivity index (χ0n) is 17.5. The second-order valence-corrected chi connectivity index (χ2v) is 7.66. The number of benzene rings is 2. The van der Waals surface area contributed by atoms with Crippen LogP contribution in [0.5, 0.6) is 0 Å². The highest BCUT2D eigenvalue weighted by atomic mass is 16.5. The fourth-order valence-corrected chi connectivity index (χ4v) is 3.77. The average Bonchev–Trinajstić information content (AvgIpc) is 3.08. The maximum atomic E-state index is 12.4. The maximum absolute atomic E-state index is 12.4. The summed E-state index contributed by atoms with van der Waals surface area (Å²) in [6.45, 7) is 0.828. The van der Waals surface area contributed by atoms with Gasteiger partial charge in [-0.05, 0) is 29.2 Å². The van der Waals surface area contributed by atoms with Crippen LogP contribution in [0.3, 0.4) is 0 Å². The second-order valence-electron chi connectivity index (χ2n) is 7.66. The summed E-state index contributed by atoms with van der Waals surface area (Å²) in [7, 11) is 0. The van der Waals surface area contributed by atoms with Gasteiger partial charge in [0.2, 0.25) is 5.91 Å². The molecule has 2 aromatic rings. The summed E-state index contributed by atoms with van der Waals surface area (Å²) in [6.07, 6.45) is -2.69. The van der Waals surface area contributed by atoms with Crippen molar-refractivity contribution >= 4 is 18.0 Å². The monoisotopic (exact) mass is 442 g/mol. The number of carboxylic acid groups (broad SMARTS) is 1. The lowest BCUT2D eigenvalue weighted by atomic mass is 9.98. The number of fused-ring (bicyclic) bond motifs is 3. The summed E-state index contributed by atoms with van der Waals surface area (Å²) in [5.74, 6) is -2.34. The number of carbonyl (C=O) groups excluding carboxylic acids is 2. The van der Waals surface area contributed by atoms with Crippen molar-refractivity contribution in [2.45, 2.75) is 37.5 Å². The van der Waals surface area contributed by atoms with Crippen LogP contribution in [0, 0.1) is 0 Å². The van der Waals surface area contributed by atoms with Crippen molar-refractivity contribution in [3.05, 3.63) is 59.7 Å². The number of hydrogen-bond acceptors (Lipinski definition) is 6. The lowest BCUT2D eigenvalue weighted by molar-refractivity contribution is -0.140. The Labute approximate surface area is 185 Å². The number of carbonyl (C=O) groups is 3. The van der Waals surface area contributed by atoms with Gasteiger partial charge in [-0.1, -0.05) is 48.5 Å². The molecule has 5 N–H and O–H groups in total. The molecule has 0 bridgehead atoms. The van der Waals surface area contributed by atoms with Crippen molar-refractivity contribution in [1.82, 2.24) is 10.6 Å². The van der Waals surface area contributed by atoms with E-state index < -0.39 is 49.2 Å². The van der Waals surface area contributed by atoms with Crippen LogP contribution >= 0.6 is 0 Å². The van der Waals surface area contributed by atoms with Gasteiger partial charge in [-0.2, -0.15) is 0 Å². The molecule has 9 nitrogen and oxygen atoms in total. The van der Waals surface area contributed by atoms with Crippen LogP contribution in [0.4, 0.5) is 4.79 Å². The third kappa shape index (κ3) is 5.24. The van der Waals surface area contributed by atoms with Gasteiger partial charge in [-0.3, -0.25) is 9.59 Å². The van der Waals surface area contributed by atoms with Crippen molar-refractivity contribution in [2.24, 2.45) is 0 Å². The summed E-state index contributed by atoms with van der Waals surface area (Å²) < 4.78 is 5.36. The molecular weight excluding hydrogens is 416 g/mol. The molecule has 0 aliphatic heterocycles. The number of ether oxygens (including phenoxy) is 1. The first-order valence-corrected chi connectivity index (χ1v) is 10.2. The molecule has 0 saturated carbocycles. The van der Waals surface area contributed by atoms with Gasteiger partial charge in [0.15, 0.2) is 0 Å². The Morgan fingerprint density at radius 3 is 2.06 bits per heavy atom. The standard InChI is InChI=1S/C23H26N2O7/c1-13(27)20(11-26)24-22(30)19(10-21(28)29)25-23(31)32-12-18-16-8-4-2-6-14(16)15-7-3-5-9-17(15)18/h2-9,13,18-20,26-27H,10-12H2,1H3,(H,24,30)(H,25,31)(H,28,29)/t13-,19?,20-/m1/s1. The van der Waals surface area contributed by atoms with E-state index >= 15 is 0 Å². The lowest BCUT2D eigenvalue weighted by Crippen LogP contribution is -2.54. The topological polar surface area (TPSA) is 145 Å². The molecule has 2 amide bonds. The number of nitrogens with one attached hydrogen (secondary N) is 2. The van der Waals surface area contributed by atoms with Gasteiger partial charge in [-0.15, -0.1) is 0 Å². The smallest absolute Gasteiger partial charge is 0.407 e. The number of carboxylic acids is 1. The largest absolute Gasteiger partial charge is 0.481 e. The van der Waals surface area contributed by atoms with Crippen LogP contribution in [-0.4, -0.2) is 64.7 Å². The predicted molar refractivity (Wildman–Crippen MR) is 115 cm³/mol. The second kappa shape index (κ2) is 10.3. The number of aliphatic carboxylic acids is 1. The zero-order chi connectivity index (χ0) is 23.3. The number of aliphatic hydroxyl groups is 2. The Hall–Kier alpha value is -3.43. The molecule has 0 radical (unpaired) electrons. The lowest BCUT2D eigenvalue weighted by Gasteiger charge is -2.23. The molecule has 9 heteroatoms. The molecule has 0 aromatic heterocycles. The van der Waals surface area contributed by atoms with Gasteiger partial charge < -0.3 is 30.7 Å². The van der Waals surface area contributed by atoms with Crippen molar-refractivity contribution in [2.75, 3.05) is 13.2 Å². The molecule has 0 fully saturated rings. The highest BCUT2D eigenvalue weighted by Gasteiger charge is 2.31. The minimum absolute atomic E-state index is 0.00814. The Balaban J connectivity index is 1.67. The van der Waals surface area contributed by atoms with E-state index in [1.54, 1.807) is 0 Å². The first kappa shape index (κ1) is 23.2. The van der Waals surface area contributed by atoms with Gasteiger partial charge in [0.05, 0.1) is 25.2 Å². The molecule has 170 valence electrons. The van der Waals surface area contributed by atoms with Crippen LogP contribution in [-0.2, 0) is 14.3 Å². The quantitative estimate of drug-likeness (QED) is 0.393. The first-order chi connectivity index (χ1) is 15.3. The Morgan fingerprint density at radius 2 is 1.56 bits per heavy atom. The van der Waals surface area contributed by atoms with Crippen LogP contribution in [0.25, 0.3) is 11.1 Å². The van der Waals surface area contributed by atoms with Gasteiger partial charge in [0.1, 0.15) is 12.6 Å². The third-order valence-electron chi connectivity index (χ3n) is 5.44. The van der Waals surface area contributed by atoms with E-state index in [2.05, 4.69) is 10.6 Å². The minimum Gasteiger partial charge on any atom is -0.481 e. The molecular formula is C23H26N2O7. The van der Waals surface area contributed by atoms with Crippen LogP contribution < -0.4 is 10.6 Å². The molecule has 3 rings (SSSR count). The van der Waals surface area contributed by atoms with Crippen LogP contribution in [0.15, 0.2) is 48.5 Å². The Morgan fingerprint density at radius 1 is 1.00 bits per heavy atom. The molecule has 0 saturated heterocycles. The van der Waals surface area contributed by atoms with Gasteiger partial charge in [0, 0.05) is 5.92 Å². The molecule has 2 aromatic carbocycles. The summed E-state index contributed by atoms with van der Waals surface area (Å²) >= 11 is 0. The van der Waals surface area contributed by atoms with Crippen molar-refractivity contribution in [3.8, 4) is 11.1 Å². The molecule has 1 aliphatic rings. The van der Waals surface area contributed by atoms with Crippen molar-refractivity contribution in [3.63, 3.8) is 0 Å². The summed E-state index contributed by atoms with van der Waals surface area (Å²) in [5.41, 5.74) is 4.16. The SMILES string of the molecule is C[C@@H](O)[C@@H](CO)NC(=O)C(CC(=O)O)NC(=O)OCC1c2ccccc2-c2ccccc21. The number of hydrogen-bond donors (Lipinski definition) is 5. The van der Waals surface area contributed by atoms with Crippen molar-refractivity contribution in [1.29, 1.82) is 0 Å².